The molecule has 1 saturated heterocycles. The maximum absolute atomic E-state index is 13.2. The first-order valence-corrected chi connectivity index (χ1v) is 11.1. The molecule has 1 aliphatic rings. The summed E-state index contributed by atoms with van der Waals surface area (Å²) in [5.41, 5.74) is 0.558. The second kappa shape index (κ2) is 10.1. The molecule has 0 aliphatic carbocycles. The number of benzene rings is 2. The molecule has 1 aliphatic heterocycles. The van der Waals surface area contributed by atoms with Gasteiger partial charge in [-0.15, -0.1) is 0 Å². The molecule has 2 aromatic rings. The van der Waals surface area contributed by atoms with Crippen LogP contribution in [0.4, 0.5) is 5.69 Å². The summed E-state index contributed by atoms with van der Waals surface area (Å²) in [6.45, 7) is 3.90. The minimum Gasteiger partial charge on any atom is -0.493 e. The molecule has 2 aromatic carbocycles. The first-order valence-electron chi connectivity index (χ1n) is 9.57. The van der Waals surface area contributed by atoms with Crippen LogP contribution < -0.4 is 19.7 Å². The highest BCUT2D eigenvalue weighted by molar-refractivity contribution is 7.80. The molecule has 168 valence electrons. The van der Waals surface area contributed by atoms with Crippen molar-refractivity contribution in [1.29, 1.82) is 0 Å². The number of halogens is 3. The standard InChI is InChI=1S/C22H19Cl3N2O4S/c1-4-11(2)31-19-15(24)9-12(10-17(19)30-3)8-13-20(28)26-22(32)27(21(13)29)16-7-5-6-14(23)18(16)25/h5-11H,4H2,1-3H3,(H,26,28,32)/b13-8+/t11-/m1/s1. The van der Waals surface area contributed by atoms with Crippen LogP contribution in [0, 0.1) is 0 Å². The van der Waals surface area contributed by atoms with Crippen molar-refractivity contribution < 1.29 is 19.1 Å². The molecule has 1 heterocycles. The topological polar surface area (TPSA) is 67.9 Å². The van der Waals surface area contributed by atoms with Gasteiger partial charge in [0.05, 0.1) is 34.0 Å². The highest BCUT2D eigenvalue weighted by Crippen LogP contribution is 2.39. The third-order valence-corrected chi connectivity index (χ3v) is 6.10. The van der Waals surface area contributed by atoms with Gasteiger partial charge in [0, 0.05) is 0 Å². The second-order valence-electron chi connectivity index (χ2n) is 6.90. The molecule has 1 fully saturated rings. The number of anilines is 1. The molecule has 0 bridgehead atoms. The van der Waals surface area contributed by atoms with E-state index >= 15 is 0 Å². The summed E-state index contributed by atoms with van der Waals surface area (Å²) in [6.07, 6.45) is 2.10. The van der Waals surface area contributed by atoms with E-state index in [4.69, 9.17) is 56.5 Å². The maximum Gasteiger partial charge on any atom is 0.270 e. The number of nitrogens with one attached hydrogen (secondary N) is 1. The minimum absolute atomic E-state index is 0.0756. The zero-order chi connectivity index (χ0) is 23.6. The summed E-state index contributed by atoms with van der Waals surface area (Å²) in [6, 6.07) is 7.99. The fraction of sp³-hybridized carbons (Fsp3) is 0.227. The van der Waals surface area contributed by atoms with Crippen LogP contribution in [0.5, 0.6) is 11.5 Å². The van der Waals surface area contributed by atoms with Crippen LogP contribution in [0.1, 0.15) is 25.8 Å². The Morgan fingerprint density at radius 3 is 2.56 bits per heavy atom. The molecule has 0 spiro atoms. The quantitative estimate of drug-likeness (QED) is 0.306. The molecule has 1 N–H and O–H groups in total. The van der Waals surface area contributed by atoms with Crippen molar-refractivity contribution in [2.75, 3.05) is 12.0 Å². The summed E-state index contributed by atoms with van der Waals surface area (Å²) >= 11 is 24.0. The molecular formula is C22H19Cl3N2O4S. The smallest absolute Gasteiger partial charge is 0.270 e. The fourth-order valence-corrected chi connectivity index (χ4v) is 3.85. The van der Waals surface area contributed by atoms with Gasteiger partial charge in [0.2, 0.25) is 0 Å². The van der Waals surface area contributed by atoms with Gasteiger partial charge in [-0.05, 0) is 61.5 Å². The SMILES string of the molecule is CC[C@@H](C)Oc1c(Cl)cc(/C=C2\C(=O)NC(=S)N(c3cccc(Cl)c3Cl)C2=O)cc1OC. The van der Waals surface area contributed by atoms with Crippen molar-refractivity contribution in [2.24, 2.45) is 0 Å². The largest absolute Gasteiger partial charge is 0.493 e. The summed E-state index contributed by atoms with van der Waals surface area (Å²) in [5.74, 6) is -0.542. The van der Waals surface area contributed by atoms with E-state index in [0.29, 0.717) is 17.1 Å². The molecule has 1 atom stereocenters. The van der Waals surface area contributed by atoms with Gasteiger partial charge in [-0.1, -0.05) is 47.8 Å². The lowest BCUT2D eigenvalue weighted by Crippen LogP contribution is -2.54. The first kappa shape index (κ1) is 24.3. The summed E-state index contributed by atoms with van der Waals surface area (Å²) < 4.78 is 11.2. The van der Waals surface area contributed by atoms with Gasteiger partial charge < -0.3 is 9.47 Å². The number of amides is 2. The van der Waals surface area contributed by atoms with Gasteiger partial charge in [0.1, 0.15) is 5.57 Å². The molecular weight excluding hydrogens is 495 g/mol. The Kier molecular flexibility index (Phi) is 7.67. The van der Waals surface area contributed by atoms with E-state index < -0.39 is 11.8 Å². The number of hydrogen-bond donors (Lipinski definition) is 1. The Morgan fingerprint density at radius 1 is 1.19 bits per heavy atom. The number of carbonyl (C=O) groups excluding carboxylic acids is 2. The van der Waals surface area contributed by atoms with Crippen LogP contribution in [-0.2, 0) is 9.59 Å². The van der Waals surface area contributed by atoms with E-state index in [1.54, 1.807) is 30.3 Å². The Hall–Kier alpha value is -2.32. The molecule has 0 unspecified atom stereocenters. The van der Waals surface area contributed by atoms with Gasteiger partial charge in [-0.25, -0.2) is 0 Å². The third-order valence-electron chi connectivity index (χ3n) is 4.73. The van der Waals surface area contributed by atoms with Crippen LogP contribution in [0.25, 0.3) is 6.08 Å². The summed E-state index contributed by atoms with van der Waals surface area (Å²) in [5, 5.41) is 3.06. The molecule has 0 saturated carbocycles. The van der Waals surface area contributed by atoms with E-state index in [0.717, 1.165) is 11.3 Å². The summed E-state index contributed by atoms with van der Waals surface area (Å²) in [4.78, 5) is 26.9. The van der Waals surface area contributed by atoms with E-state index in [9.17, 15) is 9.59 Å². The normalized spacial score (nSPS) is 16.2. The number of nitrogens with zero attached hydrogens (tertiary/aromatic N) is 1. The number of carbonyl (C=O) groups is 2. The number of hydrogen-bond acceptors (Lipinski definition) is 5. The van der Waals surface area contributed by atoms with Crippen molar-refractivity contribution in [3.63, 3.8) is 0 Å². The average molecular weight is 514 g/mol. The first-order chi connectivity index (χ1) is 15.2. The maximum atomic E-state index is 13.2. The van der Waals surface area contributed by atoms with E-state index in [1.807, 2.05) is 13.8 Å². The van der Waals surface area contributed by atoms with E-state index in [2.05, 4.69) is 5.32 Å². The van der Waals surface area contributed by atoms with Crippen molar-refractivity contribution in [3.8, 4) is 11.5 Å². The third kappa shape index (κ3) is 4.86. The van der Waals surface area contributed by atoms with Gasteiger partial charge in [-0.3, -0.25) is 19.8 Å². The average Bonchev–Trinajstić information content (AvgIpc) is 2.75. The Labute approximate surface area is 206 Å². The lowest BCUT2D eigenvalue weighted by atomic mass is 10.1. The highest BCUT2D eigenvalue weighted by atomic mass is 35.5. The number of methoxy groups -OCH3 is 1. The zero-order valence-corrected chi connectivity index (χ0v) is 20.5. The van der Waals surface area contributed by atoms with Gasteiger partial charge >= 0.3 is 0 Å². The minimum atomic E-state index is -0.655. The molecule has 6 nitrogen and oxygen atoms in total. The molecule has 32 heavy (non-hydrogen) atoms. The van der Waals surface area contributed by atoms with Crippen LogP contribution in [0.3, 0.4) is 0 Å². The predicted octanol–water partition coefficient (Wildman–Crippen LogP) is 5.66. The number of ether oxygens (including phenoxy) is 2. The molecule has 10 heteroatoms. The van der Waals surface area contributed by atoms with Gasteiger partial charge in [-0.2, -0.15) is 0 Å². The Balaban J connectivity index is 2.04. The number of rotatable bonds is 6. The van der Waals surface area contributed by atoms with E-state index in [-0.39, 0.29) is 37.5 Å². The lowest BCUT2D eigenvalue weighted by molar-refractivity contribution is -0.122. The fourth-order valence-electron chi connectivity index (χ4n) is 2.93. The van der Waals surface area contributed by atoms with Crippen molar-refractivity contribution in [3.05, 3.63) is 56.5 Å². The zero-order valence-electron chi connectivity index (χ0n) is 17.4. The molecule has 0 radical (unpaired) electrons. The van der Waals surface area contributed by atoms with Gasteiger partial charge in [0.25, 0.3) is 11.8 Å². The van der Waals surface area contributed by atoms with Crippen LogP contribution in [-0.4, -0.2) is 30.1 Å². The molecule has 3 rings (SSSR count). The van der Waals surface area contributed by atoms with Crippen molar-refractivity contribution in [2.45, 2.75) is 26.4 Å². The van der Waals surface area contributed by atoms with Crippen LogP contribution in [0.15, 0.2) is 35.9 Å². The lowest BCUT2D eigenvalue weighted by Gasteiger charge is -2.29. The number of thiocarbonyl (C=S) groups is 1. The Morgan fingerprint density at radius 2 is 1.91 bits per heavy atom. The van der Waals surface area contributed by atoms with E-state index in [1.165, 1.54) is 13.2 Å². The van der Waals surface area contributed by atoms with Crippen molar-refractivity contribution in [1.82, 2.24) is 5.32 Å². The molecule has 2 amide bonds. The Bertz CT molecular complexity index is 1140. The summed E-state index contributed by atoms with van der Waals surface area (Å²) in [7, 11) is 1.48. The predicted molar refractivity (Wildman–Crippen MR) is 131 cm³/mol. The molecule has 0 aromatic heterocycles. The highest BCUT2D eigenvalue weighted by Gasteiger charge is 2.35. The monoisotopic (exact) mass is 512 g/mol. The van der Waals surface area contributed by atoms with Crippen molar-refractivity contribution >= 4 is 75.7 Å². The second-order valence-corrected chi connectivity index (χ2v) is 8.48. The van der Waals surface area contributed by atoms with Gasteiger partial charge in [0.15, 0.2) is 16.6 Å². The van der Waals surface area contributed by atoms with Crippen LogP contribution in [0.2, 0.25) is 15.1 Å². The van der Waals surface area contributed by atoms with Crippen LogP contribution >= 0.6 is 47.0 Å².